The van der Waals surface area contributed by atoms with Crippen molar-refractivity contribution in [3.8, 4) is 0 Å². The predicted octanol–water partition coefficient (Wildman–Crippen LogP) is 0.724. The van der Waals surface area contributed by atoms with Crippen molar-refractivity contribution in [2.45, 2.75) is 6.92 Å². The average molecular weight is 335 g/mol. The zero-order valence-electron chi connectivity index (χ0n) is 14.0. The summed E-state index contributed by atoms with van der Waals surface area (Å²) in [6.07, 6.45) is 0. The highest BCUT2D eigenvalue weighted by atomic mass is 16.5. The summed E-state index contributed by atoms with van der Waals surface area (Å²) in [4.78, 5) is 26.1. The molecule has 2 rings (SSSR count). The van der Waals surface area contributed by atoms with E-state index in [0.717, 1.165) is 32.8 Å². The Hall–Kier alpha value is -2.12. The molecule has 1 fully saturated rings. The Labute approximate surface area is 142 Å². The first-order valence-electron chi connectivity index (χ1n) is 8.27. The van der Waals surface area contributed by atoms with Gasteiger partial charge in [0, 0.05) is 31.9 Å². The number of anilines is 1. The summed E-state index contributed by atoms with van der Waals surface area (Å²) in [5.74, 6) is -0.504. The van der Waals surface area contributed by atoms with E-state index in [1.807, 2.05) is 0 Å². The van der Waals surface area contributed by atoms with Gasteiger partial charge in [0.1, 0.15) is 0 Å². The van der Waals surface area contributed by atoms with Gasteiger partial charge in [-0.3, -0.25) is 9.69 Å². The fourth-order valence-corrected chi connectivity index (χ4v) is 2.44. The molecule has 24 heavy (non-hydrogen) atoms. The molecule has 7 heteroatoms. The van der Waals surface area contributed by atoms with Crippen LogP contribution in [0.3, 0.4) is 0 Å². The van der Waals surface area contributed by atoms with Gasteiger partial charge in [-0.25, -0.2) is 4.79 Å². The summed E-state index contributed by atoms with van der Waals surface area (Å²) in [6.45, 7) is 6.90. The quantitative estimate of drug-likeness (QED) is 0.682. The summed E-state index contributed by atoms with van der Waals surface area (Å²) in [7, 11) is 0. The topological polar surface area (TPSA) is 79.9 Å². The molecule has 1 amide bonds. The number of ether oxygens (including phenoxy) is 2. The minimum absolute atomic E-state index is 0.109. The fourth-order valence-electron chi connectivity index (χ4n) is 2.44. The predicted molar refractivity (Wildman–Crippen MR) is 91.2 cm³/mol. The van der Waals surface area contributed by atoms with E-state index in [1.54, 1.807) is 31.2 Å². The molecule has 7 nitrogen and oxygen atoms in total. The van der Waals surface area contributed by atoms with Crippen LogP contribution in [0.2, 0.25) is 0 Å². The van der Waals surface area contributed by atoms with Gasteiger partial charge in [-0.1, -0.05) is 12.1 Å². The zero-order valence-corrected chi connectivity index (χ0v) is 14.0. The number of amides is 1. The number of nitrogens with zero attached hydrogens (tertiary/aromatic N) is 1. The second-order valence-electron chi connectivity index (χ2n) is 5.42. The number of esters is 1. The lowest BCUT2D eigenvalue weighted by Gasteiger charge is -2.26. The standard InChI is InChI=1S/C17H25N3O4/c1-2-24-17(22)14-5-3-4-6-15(14)19-13-16(21)18-7-8-20-9-11-23-12-10-20/h3-6,19H,2,7-13H2,1H3,(H,18,21). The molecule has 0 aromatic heterocycles. The third kappa shape index (κ3) is 5.82. The summed E-state index contributed by atoms with van der Waals surface area (Å²) < 4.78 is 10.3. The minimum atomic E-state index is -0.395. The number of carbonyl (C=O) groups is 2. The van der Waals surface area contributed by atoms with Gasteiger partial charge in [0.05, 0.1) is 31.9 Å². The molecular formula is C17H25N3O4. The highest BCUT2D eigenvalue weighted by Crippen LogP contribution is 2.15. The molecule has 1 aliphatic rings. The van der Waals surface area contributed by atoms with Gasteiger partial charge in [0.15, 0.2) is 0 Å². The molecule has 1 aromatic carbocycles. The summed E-state index contributed by atoms with van der Waals surface area (Å²) in [5, 5.41) is 5.87. The van der Waals surface area contributed by atoms with Gasteiger partial charge in [-0.15, -0.1) is 0 Å². The van der Waals surface area contributed by atoms with E-state index in [4.69, 9.17) is 9.47 Å². The second-order valence-corrected chi connectivity index (χ2v) is 5.42. The Kier molecular flexibility index (Phi) is 7.51. The Morgan fingerprint density at radius 3 is 2.75 bits per heavy atom. The van der Waals surface area contributed by atoms with E-state index >= 15 is 0 Å². The maximum Gasteiger partial charge on any atom is 0.340 e. The zero-order chi connectivity index (χ0) is 17.2. The first-order chi connectivity index (χ1) is 11.7. The Bertz CT molecular complexity index is 544. The van der Waals surface area contributed by atoms with E-state index in [9.17, 15) is 9.59 Å². The van der Waals surface area contributed by atoms with Crippen LogP contribution in [0.4, 0.5) is 5.69 Å². The molecule has 0 atom stereocenters. The van der Waals surface area contributed by atoms with Crippen molar-refractivity contribution in [1.82, 2.24) is 10.2 Å². The van der Waals surface area contributed by atoms with Gasteiger partial charge in [-0.05, 0) is 19.1 Å². The van der Waals surface area contributed by atoms with Crippen LogP contribution in [-0.4, -0.2) is 69.3 Å². The van der Waals surface area contributed by atoms with Crippen molar-refractivity contribution in [3.05, 3.63) is 29.8 Å². The number of morpholine rings is 1. The molecule has 0 spiro atoms. The molecule has 0 saturated carbocycles. The largest absolute Gasteiger partial charge is 0.462 e. The molecule has 0 aliphatic carbocycles. The number of hydrogen-bond acceptors (Lipinski definition) is 6. The van der Waals surface area contributed by atoms with Gasteiger partial charge in [0.2, 0.25) is 5.91 Å². The Balaban J connectivity index is 1.74. The monoisotopic (exact) mass is 335 g/mol. The highest BCUT2D eigenvalue weighted by molar-refractivity contribution is 5.96. The number of rotatable bonds is 8. The normalized spacial score (nSPS) is 14.9. The molecule has 132 valence electrons. The smallest absolute Gasteiger partial charge is 0.340 e. The first kappa shape index (κ1) is 18.2. The van der Waals surface area contributed by atoms with Crippen LogP contribution in [0.1, 0.15) is 17.3 Å². The number of hydrogen-bond donors (Lipinski definition) is 2. The maximum atomic E-state index is 11.9. The molecular weight excluding hydrogens is 310 g/mol. The Morgan fingerprint density at radius 2 is 2.00 bits per heavy atom. The summed E-state index contributed by atoms with van der Waals surface area (Å²) in [6, 6.07) is 7.01. The molecule has 0 radical (unpaired) electrons. The van der Waals surface area contributed by atoms with Crippen molar-refractivity contribution in [2.75, 3.05) is 57.9 Å². The average Bonchev–Trinajstić information content (AvgIpc) is 2.61. The van der Waals surface area contributed by atoms with E-state index < -0.39 is 5.97 Å². The maximum absolute atomic E-state index is 11.9. The van der Waals surface area contributed by atoms with Crippen LogP contribution in [0.25, 0.3) is 0 Å². The van der Waals surface area contributed by atoms with Gasteiger partial charge in [0.25, 0.3) is 0 Å². The van der Waals surface area contributed by atoms with Crippen LogP contribution >= 0.6 is 0 Å². The van der Waals surface area contributed by atoms with Crippen LogP contribution in [0.5, 0.6) is 0 Å². The van der Waals surface area contributed by atoms with Crippen molar-refractivity contribution < 1.29 is 19.1 Å². The van der Waals surface area contributed by atoms with Crippen molar-refractivity contribution in [1.29, 1.82) is 0 Å². The van der Waals surface area contributed by atoms with Gasteiger partial charge >= 0.3 is 5.97 Å². The van der Waals surface area contributed by atoms with E-state index in [2.05, 4.69) is 15.5 Å². The van der Waals surface area contributed by atoms with Crippen molar-refractivity contribution >= 4 is 17.6 Å². The number of carbonyl (C=O) groups excluding carboxylic acids is 2. The van der Waals surface area contributed by atoms with E-state index in [-0.39, 0.29) is 12.5 Å². The SMILES string of the molecule is CCOC(=O)c1ccccc1NCC(=O)NCCN1CCOCC1. The van der Waals surface area contributed by atoms with Crippen LogP contribution < -0.4 is 10.6 Å². The summed E-state index contributed by atoms with van der Waals surface area (Å²) in [5.41, 5.74) is 1.03. The first-order valence-corrected chi connectivity index (χ1v) is 8.27. The molecule has 1 aliphatic heterocycles. The third-order valence-corrected chi connectivity index (χ3v) is 3.72. The minimum Gasteiger partial charge on any atom is -0.462 e. The van der Waals surface area contributed by atoms with E-state index in [1.165, 1.54) is 0 Å². The summed E-state index contributed by atoms with van der Waals surface area (Å²) >= 11 is 0. The fraction of sp³-hybridized carbons (Fsp3) is 0.529. The molecule has 0 unspecified atom stereocenters. The lowest BCUT2D eigenvalue weighted by Crippen LogP contribution is -2.42. The van der Waals surface area contributed by atoms with Gasteiger partial charge in [-0.2, -0.15) is 0 Å². The van der Waals surface area contributed by atoms with Crippen LogP contribution in [-0.2, 0) is 14.3 Å². The van der Waals surface area contributed by atoms with Crippen LogP contribution in [0.15, 0.2) is 24.3 Å². The van der Waals surface area contributed by atoms with Crippen molar-refractivity contribution in [3.63, 3.8) is 0 Å². The van der Waals surface area contributed by atoms with Gasteiger partial charge < -0.3 is 20.1 Å². The van der Waals surface area contributed by atoms with E-state index in [0.29, 0.717) is 24.4 Å². The molecule has 1 heterocycles. The van der Waals surface area contributed by atoms with Crippen LogP contribution in [0, 0.1) is 0 Å². The lowest BCUT2D eigenvalue weighted by atomic mass is 10.2. The lowest BCUT2D eigenvalue weighted by molar-refractivity contribution is -0.119. The molecule has 1 saturated heterocycles. The number of nitrogens with one attached hydrogen (secondary N) is 2. The number of para-hydroxylation sites is 1. The third-order valence-electron chi connectivity index (χ3n) is 3.72. The second kappa shape index (κ2) is 9.89. The van der Waals surface area contributed by atoms with Crippen molar-refractivity contribution in [2.24, 2.45) is 0 Å². The molecule has 2 N–H and O–H groups in total. The molecule has 0 bridgehead atoms. The molecule has 1 aromatic rings. The highest BCUT2D eigenvalue weighted by Gasteiger charge is 2.13. The Morgan fingerprint density at radius 1 is 1.25 bits per heavy atom. The number of benzene rings is 1.